The molecule has 0 saturated carbocycles. The lowest BCUT2D eigenvalue weighted by atomic mass is 10.2. The van der Waals surface area contributed by atoms with E-state index < -0.39 is 5.97 Å². The molecular formula is C16H13ClN4O2. The molecule has 0 saturated heterocycles. The van der Waals surface area contributed by atoms with Crippen LogP contribution in [0.25, 0.3) is 10.9 Å². The number of hydrogen-bond donors (Lipinski definition) is 1. The zero-order chi connectivity index (χ0) is 16.2. The fraction of sp³-hybridized carbons (Fsp3) is 0.125. The number of carbonyl (C=O) groups excluding carboxylic acids is 1. The van der Waals surface area contributed by atoms with Crippen LogP contribution in [-0.4, -0.2) is 27.5 Å². The van der Waals surface area contributed by atoms with E-state index in [9.17, 15) is 4.79 Å². The van der Waals surface area contributed by atoms with Crippen LogP contribution in [0.3, 0.4) is 0 Å². The number of nitrogens with zero attached hydrogens (tertiary/aromatic N) is 3. The van der Waals surface area contributed by atoms with E-state index in [1.807, 2.05) is 30.3 Å². The van der Waals surface area contributed by atoms with Crippen molar-refractivity contribution in [2.24, 2.45) is 0 Å². The molecule has 0 radical (unpaired) electrons. The lowest BCUT2D eigenvalue weighted by Gasteiger charge is -2.10. The van der Waals surface area contributed by atoms with Crippen molar-refractivity contribution in [3.05, 3.63) is 53.6 Å². The zero-order valence-corrected chi connectivity index (χ0v) is 13.0. The van der Waals surface area contributed by atoms with Crippen molar-refractivity contribution < 1.29 is 9.53 Å². The van der Waals surface area contributed by atoms with Crippen molar-refractivity contribution in [2.75, 3.05) is 11.9 Å². The van der Waals surface area contributed by atoms with E-state index in [0.29, 0.717) is 5.82 Å². The maximum absolute atomic E-state index is 12.0. The smallest absolute Gasteiger partial charge is 0.343 e. The van der Waals surface area contributed by atoms with Crippen LogP contribution in [0.4, 0.5) is 11.5 Å². The number of ether oxygens (including phenoxy) is 1. The van der Waals surface area contributed by atoms with E-state index in [4.69, 9.17) is 16.3 Å². The lowest BCUT2D eigenvalue weighted by molar-refractivity contribution is 0.0526. The first kappa shape index (κ1) is 15.2. The average molecular weight is 329 g/mol. The third-order valence-corrected chi connectivity index (χ3v) is 3.30. The van der Waals surface area contributed by atoms with Crippen molar-refractivity contribution in [1.29, 1.82) is 0 Å². The minimum atomic E-state index is -0.505. The van der Waals surface area contributed by atoms with Crippen LogP contribution in [0, 0.1) is 0 Å². The van der Waals surface area contributed by atoms with Crippen molar-refractivity contribution in [2.45, 2.75) is 6.92 Å². The standard InChI is InChI=1S/C16H13ClN4O2/c1-2-23-15(22)12-9-19-16(17)21-14(12)20-11-5-6-13-10(8-11)4-3-7-18-13/h3-9H,2H2,1H3,(H,19,20,21). The third kappa shape index (κ3) is 3.37. The molecule has 6 nitrogen and oxygen atoms in total. The predicted octanol–water partition coefficient (Wildman–Crippen LogP) is 3.60. The zero-order valence-electron chi connectivity index (χ0n) is 12.3. The topological polar surface area (TPSA) is 77.0 Å². The molecule has 0 spiro atoms. The number of fused-ring (bicyclic) bond motifs is 1. The number of hydrogen-bond acceptors (Lipinski definition) is 6. The van der Waals surface area contributed by atoms with E-state index in [1.54, 1.807) is 13.1 Å². The van der Waals surface area contributed by atoms with Gasteiger partial charge in [0.15, 0.2) is 0 Å². The van der Waals surface area contributed by atoms with E-state index in [-0.39, 0.29) is 17.5 Å². The average Bonchev–Trinajstić information content (AvgIpc) is 2.55. The normalized spacial score (nSPS) is 10.5. The molecule has 1 aromatic carbocycles. The fourth-order valence-electron chi connectivity index (χ4n) is 2.10. The van der Waals surface area contributed by atoms with Crippen LogP contribution in [0.5, 0.6) is 0 Å². The maximum Gasteiger partial charge on any atom is 0.343 e. The molecule has 116 valence electrons. The summed E-state index contributed by atoms with van der Waals surface area (Å²) >= 11 is 5.84. The molecule has 2 heterocycles. The summed E-state index contributed by atoms with van der Waals surface area (Å²) in [5.74, 6) is -0.208. The molecule has 0 aliphatic heterocycles. The van der Waals surface area contributed by atoms with Gasteiger partial charge in [0.05, 0.1) is 12.1 Å². The van der Waals surface area contributed by atoms with Crippen LogP contribution >= 0.6 is 11.6 Å². The van der Waals surface area contributed by atoms with Gasteiger partial charge < -0.3 is 10.1 Å². The number of halogens is 1. The van der Waals surface area contributed by atoms with E-state index >= 15 is 0 Å². The third-order valence-electron chi connectivity index (χ3n) is 3.12. The Morgan fingerprint density at radius 1 is 1.30 bits per heavy atom. The number of anilines is 2. The Balaban J connectivity index is 1.97. The molecule has 1 N–H and O–H groups in total. The van der Waals surface area contributed by atoms with Crippen molar-refractivity contribution in [1.82, 2.24) is 15.0 Å². The number of benzene rings is 1. The Morgan fingerprint density at radius 2 is 2.17 bits per heavy atom. The molecule has 0 unspecified atom stereocenters. The van der Waals surface area contributed by atoms with Gasteiger partial charge in [-0.1, -0.05) is 6.07 Å². The lowest BCUT2D eigenvalue weighted by Crippen LogP contribution is -2.10. The Labute approximate surface area is 137 Å². The van der Waals surface area contributed by atoms with Gasteiger partial charge in [0.1, 0.15) is 11.4 Å². The Bertz CT molecular complexity index is 870. The maximum atomic E-state index is 12.0. The summed E-state index contributed by atoms with van der Waals surface area (Å²) in [7, 11) is 0. The Hall–Kier alpha value is -2.73. The highest BCUT2D eigenvalue weighted by Crippen LogP contribution is 2.23. The van der Waals surface area contributed by atoms with E-state index in [0.717, 1.165) is 16.6 Å². The number of pyridine rings is 1. The Morgan fingerprint density at radius 3 is 3.00 bits per heavy atom. The highest BCUT2D eigenvalue weighted by atomic mass is 35.5. The SMILES string of the molecule is CCOC(=O)c1cnc(Cl)nc1Nc1ccc2ncccc2c1. The molecule has 3 rings (SSSR count). The van der Waals surface area contributed by atoms with Crippen LogP contribution < -0.4 is 5.32 Å². The summed E-state index contributed by atoms with van der Waals surface area (Å²) in [6, 6.07) is 9.45. The second-order valence-corrected chi connectivity index (χ2v) is 5.00. The molecule has 3 aromatic rings. The number of aromatic nitrogens is 3. The van der Waals surface area contributed by atoms with Crippen molar-refractivity contribution in [3.63, 3.8) is 0 Å². The quantitative estimate of drug-likeness (QED) is 0.582. The van der Waals surface area contributed by atoms with Gasteiger partial charge in [0.2, 0.25) is 5.28 Å². The summed E-state index contributed by atoms with van der Waals surface area (Å²) in [6.07, 6.45) is 3.08. The summed E-state index contributed by atoms with van der Waals surface area (Å²) in [5.41, 5.74) is 1.86. The monoisotopic (exact) mass is 328 g/mol. The minimum absolute atomic E-state index is 0.0444. The highest BCUT2D eigenvalue weighted by Gasteiger charge is 2.16. The summed E-state index contributed by atoms with van der Waals surface area (Å²) < 4.78 is 5.00. The van der Waals surface area contributed by atoms with E-state index in [2.05, 4.69) is 20.3 Å². The van der Waals surface area contributed by atoms with Gasteiger partial charge in [0.25, 0.3) is 0 Å². The van der Waals surface area contributed by atoms with Crippen LogP contribution in [0.15, 0.2) is 42.7 Å². The molecular weight excluding hydrogens is 316 g/mol. The van der Waals surface area contributed by atoms with Gasteiger partial charge in [0, 0.05) is 23.5 Å². The molecule has 0 aliphatic carbocycles. The number of carbonyl (C=O) groups is 1. The van der Waals surface area contributed by atoms with Crippen LogP contribution in [0.1, 0.15) is 17.3 Å². The minimum Gasteiger partial charge on any atom is -0.462 e. The number of rotatable bonds is 4. The summed E-state index contributed by atoms with van der Waals surface area (Å²) in [6.45, 7) is 2.00. The second kappa shape index (κ2) is 6.58. The van der Waals surface area contributed by atoms with Crippen molar-refractivity contribution >= 4 is 40.0 Å². The largest absolute Gasteiger partial charge is 0.462 e. The first-order valence-electron chi connectivity index (χ1n) is 6.99. The molecule has 0 fully saturated rings. The van der Waals surface area contributed by atoms with Gasteiger partial charge in [-0.15, -0.1) is 0 Å². The van der Waals surface area contributed by atoms with Gasteiger partial charge in [-0.2, -0.15) is 4.98 Å². The first-order valence-corrected chi connectivity index (χ1v) is 7.36. The van der Waals surface area contributed by atoms with Gasteiger partial charge >= 0.3 is 5.97 Å². The molecule has 7 heteroatoms. The molecule has 0 amide bonds. The van der Waals surface area contributed by atoms with Gasteiger partial charge in [-0.05, 0) is 42.8 Å². The van der Waals surface area contributed by atoms with Gasteiger partial charge in [-0.25, -0.2) is 9.78 Å². The second-order valence-electron chi connectivity index (χ2n) is 4.66. The highest BCUT2D eigenvalue weighted by molar-refractivity contribution is 6.28. The Kier molecular flexibility index (Phi) is 4.34. The number of nitrogens with one attached hydrogen (secondary N) is 1. The fourth-order valence-corrected chi connectivity index (χ4v) is 2.24. The predicted molar refractivity (Wildman–Crippen MR) is 88.0 cm³/mol. The number of esters is 1. The van der Waals surface area contributed by atoms with Crippen LogP contribution in [0.2, 0.25) is 5.28 Å². The molecule has 2 aromatic heterocycles. The van der Waals surface area contributed by atoms with Gasteiger partial charge in [-0.3, -0.25) is 4.98 Å². The molecule has 0 aliphatic rings. The van der Waals surface area contributed by atoms with Crippen molar-refractivity contribution in [3.8, 4) is 0 Å². The summed E-state index contributed by atoms with van der Waals surface area (Å²) in [5, 5.41) is 4.09. The first-order chi connectivity index (χ1) is 11.2. The molecule has 0 atom stereocenters. The van der Waals surface area contributed by atoms with Crippen LogP contribution in [-0.2, 0) is 4.74 Å². The molecule has 23 heavy (non-hydrogen) atoms. The molecule has 0 bridgehead atoms. The van der Waals surface area contributed by atoms with E-state index in [1.165, 1.54) is 6.20 Å². The summed E-state index contributed by atoms with van der Waals surface area (Å²) in [4.78, 5) is 24.2.